The van der Waals surface area contributed by atoms with Gasteiger partial charge in [0.05, 0.1) is 19.1 Å². The second-order valence-corrected chi connectivity index (χ2v) is 7.66. The maximum absolute atomic E-state index is 12.9. The number of nitrogens with zero attached hydrogens (tertiary/aromatic N) is 1. The van der Waals surface area contributed by atoms with Crippen LogP contribution in [0.25, 0.3) is 0 Å². The van der Waals surface area contributed by atoms with E-state index in [0.29, 0.717) is 24.5 Å². The van der Waals surface area contributed by atoms with Crippen molar-refractivity contribution < 1.29 is 14.3 Å². The molecule has 1 heterocycles. The summed E-state index contributed by atoms with van der Waals surface area (Å²) >= 11 is 0. The molecule has 30 heavy (non-hydrogen) atoms. The van der Waals surface area contributed by atoms with Crippen molar-refractivity contribution in [3.05, 3.63) is 60.2 Å². The lowest BCUT2D eigenvalue weighted by Gasteiger charge is -2.39. The van der Waals surface area contributed by atoms with Crippen molar-refractivity contribution >= 4 is 17.6 Å². The molecule has 1 aliphatic heterocycles. The second kappa shape index (κ2) is 10.7. The summed E-state index contributed by atoms with van der Waals surface area (Å²) in [5.74, 6) is 0.367. The average Bonchev–Trinajstić information content (AvgIpc) is 2.79. The lowest BCUT2D eigenvalue weighted by molar-refractivity contribution is -0.121. The summed E-state index contributed by atoms with van der Waals surface area (Å²) in [6, 6.07) is 17.2. The Morgan fingerprint density at radius 1 is 1.10 bits per heavy atom. The lowest BCUT2D eigenvalue weighted by atomic mass is 9.88. The van der Waals surface area contributed by atoms with E-state index in [1.165, 1.54) is 0 Å². The molecule has 2 unspecified atom stereocenters. The number of unbranched alkanes of at least 4 members (excludes halogenated alkanes) is 1. The van der Waals surface area contributed by atoms with E-state index in [2.05, 4.69) is 17.6 Å². The number of likely N-dealkylation sites (tertiary alicyclic amines) is 1. The number of nitrogens with one attached hydrogen (secondary N) is 2. The van der Waals surface area contributed by atoms with Crippen LogP contribution >= 0.6 is 0 Å². The number of amides is 3. The molecule has 0 radical (unpaired) electrons. The Bertz CT molecular complexity index is 841. The molecule has 0 aliphatic carbocycles. The van der Waals surface area contributed by atoms with E-state index >= 15 is 0 Å². The van der Waals surface area contributed by atoms with Gasteiger partial charge in [-0.25, -0.2) is 4.79 Å². The minimum Gasteiger partial charge on any atom is -0.497 e. The van der Waals surface area contributed by atoms with E-state index in [4.69, 9.17) is 4.74 Å². The molecule has 3 rings (SSSR count). The third-order valence-electron chi connectivity index (χ3n) is 5.54. The van der Waals surface area contributed by atoms with Crippen LogP contribution < -0.4 is 15.4 Å². The molecule has 2 aromatic rings. The summed E-state index contributed by atoms with van der Waals surface area (Å²) < 4.78 is 5.23. The first-order chi connectivity index (χ1) is 14.6. The topological polar surface area (TPSA) is 70.7 Å². The van der Waals surface area contributed by atoms with Crippen molar-refractivity contribution in [1.82, 2.24) is 10.2 Å². The van der Waals surface area contributed by atoms with Crippen molar-refractivity contribution in [3.8, 4) is 5.75 Å². The van der Waals surface area contributed by atoms with Gasteiger partial charge in [0.2, 0.25) is 5.91 Å². The monoisotopic (exact) mass is 409 g/mol. The minimum absolute atomic E-state index is 0.0197. The number of piperidine rings is 1. The number of anilines is 1. The van der Waals surface area contributed by atoms with Gasteiger partial charge in [-0.05, 0) is 37.0 Å². The summed E-state index contributed by atoms with van der Waals surface area (Å²) in [6.45, 7) is 3.14. The van der Waals surface area contributed by atoms with Crippen molar-refractivity contribution in [2.75, 3.05) is 25.5 Å². The van der Waals surface area contributed by atoms with Gasteiger partial charge in [0.25, 0.3) is 0 Å². The molecule has 0 bridgehead atoms. The van der Waals surface area contributed by atoms with E-state index in [1.807, 2.05) is 53.4 Å². The largest absolute Gasteiger partial charge is 0.497 e. The number of urea groups is 1. The van der Waals surface area contributed by atoms with Crippen molar-refractivity contribution in [1.29, 1.82) is 0 Å². The number of hydrogen-bond acceptors (Lipinski definition) is 3. The molecule has 6 nitrogen and oxygen atoms in total. The Morgan fingerprint density at radius 2 is 1.90 bits per heavy atom. The summed E-state index contributed by atoms with van der Waals surface area (Å²) in [4.78, 5) is 27.7. The van der Waals surface area contributed by atoms with Gasteiger partial charge in [-0.2, -0.15) is 0 Å². The third-order valence-corrected chi connectivity index (χ3v) is 5.54. The number of carbonyl (C=O) groups excluding carboxylic acids is 2. The molecule has 1 saturated heterocycles. The number of ether oxygens (including phenoxy) is 1. The van der Waals surface area contributed by atoms with Crippen LogP contribution in [0.2, 0.25) is 0 Å². The fourth-order valence-corrected chi connectivity index (χ4v) is 3.85. The van der Waals surface area contributed by atoms with Crippen LogP contribution in [0.5, 0.6) is 5.75 Å². The highest BCUT2D eigenvalue weighted by Crippen LogP contribution is 2.34. The quantitative estimate of drug-likeness (QED) is 0.657. The molecular weight excluding hydrogens is 378 g/mol. The first kappa shape index (κ1) is 21.7. The zero-order valence-corrected chi connectivity index (χ0v) is 17.8. The zero-order valence-electron chi connectivity index (χ0n) is 17.8. The van der Waals surface area contributed by atoms with Gasteiger partial charge < -0.3 is 20.3 Å². The third kappa shape index (κ3) is 5.53. The van der Waals surface area contributed by atoms with Crippen LogP contribution in [-0.2, 0) is 4.79 Å². The first-order valence-corrected chi connectivity index (χ1v) is 10.7. The summed E-state index contributed by atoms with van der Waals surface area (Å²) in [5.41, 5.74) is 1.80. The highest BCUT2D eigenvalue weighted by molar-refractivity contribution is 5.93. The highest BCUT2D eigenvalue weighted by Gasteiger charge is 2.35. The maximum atomic E-state index is 12.9. The van der Waals surface area contributed by atoms with E-state index in [9.17, 15) is 9.59 Å². The van der Waals surface area contributed by atoms with E-state index in [1.54, 1.807) is 13.2 Å². The van der Waals surface area contributed by atoms with Gasteiger partial charge in [-0.1, -0.05) is 49.7 Å². The lowest BCUT2D eigenvalue weighted by Crippen LogP contribution is -2.49. The molecular formula is C24H31N3O3. The molecule has 6 heteroatoms. The van der Waals surface area contributed by atoms with Gasteiger partial charge in [-0.15, -0.1) is 0 Å². The number of methoxy groups -OCH3 is 1. The Hall–Kier alpha value is -3.02. The van der Waals surface area contributed by atoms with Crippen molar-refractivity contribution in [2.45, 2.75) is 38.6 Å². The fraction of sp³-hybridized carbons (Fsp3) is 0.417. The Kier molecular flexibility index (Phi) is 7.71. The molecule has 2 N–H and O–H groups in total. The van der Waals surface area contributed by atoms with Gasteiger partial charge in [0, 0.05) is 24.8 Å². The maximum Gasteiger partial charge on any atom is 0.317 e. The van der Waals surface area contributed by atoms with Crippen LogP contribution in [-0.4, -0.2) is 37.0 Å². The normalized spacial score (nSPS) is 18.5. The molecule has 1 aliphatic rings. The predicted octanol–water partition coefficient (Wildman–Crippen LogP) is 4.60. The molecule has 0 spiro atoms. The van der Waals surface area contributed by atoms with Crippen LogP contribution in [0.15, 0.2) is 54.6 Å². The zero-order chi connectivity index (χ0) is 21.3. The molecule has 3 amide bonds. The van der Waals surface area contributed by atoms with Crippen LogP contribution in [0.4, 0.5) is 10.5 Å². The first-order valence-electron chi connectivity index (χ1n) is 10.7. The Labute approximate surface area is 178 Å². The Morgan fingerprint density at radius 3 is 2.63 bits per heavy atom. The molecule has 0 saturated carbocycles. The van der Waals surface area contributed by atoms with E-state index in [-0.39, 0.29) is 23.9 Å². The average molecular weight is 410 g/mol. The van der Waals surface area contributed by atoms with Crippen molar-refractivity contribution in [3.63, 3.8) is 0 Å². The molecule has 2 aromatic carbocycles. The SMILES string of the molecule is CCCCNC(=O)N1CC(C(=O)Nc2cccc(OC)c2)CCC1c1ccccc1. The van der Waals surface area contributed by atoms with Gasteiger partial charge in [0.1, 0.15) is 5.75 Å². The molecule has 1 fully saturated rings. The Balaban J connectivity index is 1.71. The number of benzene rings is 2. The highest BCUT2D eigenvalue weighted by atomic mass is 16.5. The van der Waals surface area contributed by atoms with Crippen LogP contribution in [0, 0.1) is 5.92 Å². The molecule has 160 valence electrons. The summed E-state index contributed by atoms with van der Waals surface area (Å²) in [6.07, 6.45) is 3.44. The van der Waals surface area contributed by atoms with Crippen molar-refractivity contribution in [2.24, 2.45) is 5.92 Å². The molecule has 2 atom stereocenters. The van der Waals surface area contributed by atoms with Crippen LogP contribution in [0.3, 0.4) is 0 Å². The van der Waals surface area contributed by atoms with E-state index < -0.39 is 0 Å². The summed E-state index contributed by atoms with van der Waals surface area (Å²) in [5, 5.41) is 5.99. The predicted molar refractivity (Wildman–Crippen MR) is 119 cm³/mol. The molecule has 0 aromatic heterocycles. The fourth-order valence-electron chi connectivity index (χ4n) is 3.85. The number of carbonyl (C=O) groups is 2. The summed E-state index contributed by atoms with van der Waals surface area (Å²) in [7, 11) is 1.60. The van der Waals surface area contributed by atoms with Gasteiger partial charge in [0.15, 0.2) is 0 Å². The van der Waals surface area contributed by atoms with Crippen LogP contribution in [0.1, 0.15) is 44.2 Å². The van der Waals surface area contributed by atoms with Gasteiger partial charge >= 0.3 is 6.03 Å². The minimum atomic E-state index is -0.256. The van der Waals surface area contributed by atoms with Gasteiger partial charge in [-0.3, -0.25) is 4.79 Å². The smallest absolute Gasteiger partial charge is 0.317 e. The number of hydrogen-bond donors (Lipinski definition) is 2. The van der Waals surface area contributed by atoms with E-state index in [0.717, 1.165) is 31.2 Å². The second-order valence-electron chi connectivity index (χ2n) is 7.66. The number of rotatable bonds is 7. The standard InChI is InChI=1S/C24H31N3O3/c1-3-4-15-25-24(29)27-17-19(13-14-22(27)18-9-6-5-7-10-18)23(28)26-20-11-8-12-21(16-20)30-2/h5-12,16,19,22H,3-4,13-15,17H2,1-2H3,(H,25,29)(H,26,28).